The molecule has 4 rings (SSSR count). The number of ketones is 1. The Morgan fingerprint density at radius 2 is 1.66 bits per heavy atom. The van der Waals surface area contributed by atoms with Gasteiger partial charge in [-0.05, 0) is 17.7 Å². The van der Waals surface area contributed by atoms with E-state index in [1.54, 1.807) is 12.1 Å². The standard InChI is InChI=1S/C21H22O11/c22-7-14-16(27)17(28)18(29)21(31-14)32-19-12(26)5-10(24)15-11(25)6-13(30-20(15)19)8-1-3-9(23)4-2-8/h1-5,13-14,16-18,21-24,26-29H,6-7H2/t13-,14-,16-,17+,18-,21+/m1/s1. The number of ether oxygens (including phenoxy) is 3. The van der Waals surface area contributed by atoms with Gasteiger partial charge in [-0.25, -0.2) is 0 Å². The van der Waals surface area contributed by atoms with Crippen LogP contribution in [0.3, 0.4) is 0 Å². The Morgan fingerprint density at radius 3 is 2.31 bits per heavy atom. The van der Waals surface area contributed by atoms with E-state index in [0.29, 0.717) is 5.56 Å². The smallest absolute Gasteiger partial charge is 0.229 e. The maximum atomic E-state index is 12.8. The molecule has 0 aromatic heterocycles. The van der Waals surface area contributed by atoms with Gasteiger partial charge in [-0.3, -0.25) is 4.79 Å². The lowest BCUT2D eigenvalue weighted by molar-refractivity contribution is -0.277. The molecular weight excluding hydrogens is 428 g/mol. The fourth-order valence-electron chi connectivity index (χ4n) is 3.72. The zero-order chi connectivity index (χ0) is 23.2. The van der Waals surface area contributed by atoms with Gasteiger partial charge in [0, 0.05) is 6.07 Å². The van der Waals surface area contributed by atoms with E-state index >= 15 is 0 Å². The van der Waals surface area contributed by atoms with Crippen molar-refractivity contribution in [2.45, 2.75) is 43.2 Å². The van der Waals surface area contributed by atoms with Gasteiger partial charge in [-0.15, -0.1) is 0 Å². The highest BCUT2D eigenvalue weighted by Gasteiger charge is 2.46. The molecule has 11 nitrogen and oxygen atoms in total. The van der Waals surface area contributed by atoms with Gasteiger partial charge in [0.15, 0.2) is 17.3 Å². The Kier molecular flexibility index (Phi) is 5.84. The third-order valence-electron chi connectivity index (χ3n) is 5.45. The van der Waals surface area contributed by atoms with Crippen molar-refractivity contribution in [1.82, 2.24) is 0 Å². The first-order valence-electron chi connectivity index (χ1n) is 9.76. The Morgan fingerprint density at radius 1 is 0.969 bits per heavy atom. The number of phenolic OH excluding ortho intramolecular Hbond substituents is 3. The number of carbonyl (C=O) groups is 1. The van der Waals surface area contributed by atoms with Crippen LogP contribution in [-0.4, -0.2) is 78.8 Å². The molecule has 0 spiro atoms. The number of fused-ring (bicyclic) bond motifs is 1. The second-order valence-corrected chi connectivity index (χ2v) is 7.59. The van der Waals surface area contributed by atoms with Crippen molar-refractivity contribution in [3.63, 3.8) is 0 Å². The van der Waals surface area contributed by atoms with E-state index in [4.69, 9.17) is 14.2 Å². The molecule has 6 atom stereocenters. The van der Waals surface area contributed by atoms with Crippen molar-refractivity contribution in [2.24, 2.45) is 0 Å². The highest BCUT2D eigenvalue weighted by Crippen LogP contribution is 2.50. The second-order valence-electron chi connectivity index (χ2n) is 7.59. The van der Waals surface area contributed by atoms with E-state index in [0.717, 1.165) is 6.07 Å². The summed E-state index contributed by atoms with van der Waals surface area (Å²) in [5.41, 5.74) is 0.279. The van der Waals surface area contributed by atoms with E-state index in [2.05, 4.69) is 0 Å². The van der Waals surface area contributed by atoms with Crippen LogP contribution in [0.15, 0.2) is 30.3 Å². The largest absolute Gasteiger partial charge is 0.508 e. The summed E-state index contributed by atoms with van der Waals surface area (Å²) in [6.45, 7) is -0.692. The molecule has 2 aromatic carbocycles. The van der Waals surface area contributed by atoms with E-state index in [1.165, 1.54) is 12.1 Å². The third-order valence-corrected chi connectivity index (χ3v) is 5.45. The first kappa shape index (κ1) is 22.1. The van der Waals surface area contributed by atoms with Gasteiger partial charge >= 0.3 is 0 Å². The topological polar surface area (TPSA) is 186 Å². The first-order valence-corrected chi connectivity index (χ1v) is 9.76. The highest BCUT2D eigenvalue weighted by molar-refractivity contribution is 6.03. The van der Waals surface area contributed by atoms with Crippen molar-refractivity contribution < 1.29 is 54.8 Å². The summed E-state index contributed by atoms with van der Waals surface area (Å²) in [7, 11) is 0. The van der Waals surface area contributed by atoms with E-state index in [-0.39, 0.29) is 23.5 Å². The molecule has 2 aliphatic heterocycles. The molecule has 2 aliphatic rings. The summed E-state index contributed by atoms with van der Waals surface area (Å²) in [5.74, 6) is -2.45. The molecule has 1 saturated heterocycles. The minimum atomic E-state index is -1.77. The molecule has 2 heterocycles. The van der Waals surface area contributed by atoms with Crippen LogP contribution in [0.4, 0.5) is 0 Å². The normalized spacial score (nSPS) is 29.8. The lowest BCUT2D eigenvalue weighted by Gasteiger charge is -2.40. The fourth-order valence-corrected chi connectivity index (χ4v) is 3.72. The number of phenols is 3. The Bertz CT molecular complexity index is 1000. The van der Waals surface area contributed by atoms with Crippen LogP contribution in [0.5, 0.6) is 28.7 Å². The highest BCUT2D eigenvalue weighted by atomic mass is 16.7. The van der Waals surface area contributed by atoms with Crippen LogP contribution in [0.25, 0.3) is 0 Å². The van der Waals surface area contributed by atoms with Gasteiger partial charge < -0.3 is 50.0 Å². The number of aromatic hydroxyl groups is 3. The lowest BCUT2D eigenvalue weighted by atomic mass is 9.95. The zero-order valence-electron chi connectivity index (χ0n) is 16.5. The predicted molar refractivity (Wildman–Crippen MR) is 105 cm³/mol. The molecule has 11 heteroatoms. The molecular formula is C21H22O11. The summed E-state index contributed by atoms with van der Waals surface area (Å²) >= 11 is 0. The van der Waals surface area contributed by atoms with Crippen LogP contribution < -0.4 is 9.47 Å². The van der Waals surface area contributed by atoms with Crippen molar-refractivity contribution in [3.8, 4) is 28.7 Å². The molecule has 0 aliphatic carbocycles. The number of Topliss-reactive ketones (excluding diaryl/α,β-unsaturated/α-hetero) is 1. The Hall–Kier alpha value is -3.09. The average Bonchev–Trinajstić information content (AvgIpc) is 2.76. The van der Waals surface area contributed by atoms with Crippen LogP contribution >= 0.6 is 0 Å². The number of hydrogen-bond donors (Lipinski definition) is 7. The van der Waals surface area contributed by atoms with Crippen molar-refractivity contribution in [3.05, 3.63) is 41.5 Å². The minimum Gasteiger partial charge on any atom is -0.508 e. The van der Waals surface area contributed by atoms with E-state index < -0.39 is 66.4 Å². The summed E-state index contributed by atoms with van der Waals surface area (Å²) in [4.78, 5) is 12.8. The molecule has 1 fully saturated rings. The SMILES string of the molecule is O=C1C[C@H](c2ccc(O)cc2)Oc2c(O[C@@H]3O[C@H](CO)[C@@H](O)[C@H](O)[C@H]3O)c(O)cc(O)c21. The molecule has 0 unspecified atom stereocenters. The number of aliphatic hydroxyl groups excluding tert-OH is 4. The monoisotopic (exact) mass is 450 g/mol. The lowest BCUT2D eigenvalue weighted by Crippen LogP contribution is -2.60. The van der Waals surface area contributed by atoms with Gasteiger partial charge in [0.05, 0.1) is 13.0 Å². The minimum absolute atomic E-state index is 0.0122. The van der Waals surface area contributed by atoms with Gasteiger partial charge in [-0.2, -0.15) is 0 Å². The third kappa shape index (κ3) is 3.80. The number of aliphatic hydroxyl groups is 4. The van der Waals surface area contributed by atoms with Gasteiger partial charge in [-0.1, -0.05) is 12.1 Å². The first-order chi connectivity index (χ1) is 15.2. The molecule has 172 valence electrons. The number of hydrogen-bond acceptors (Lipinski definition) is 11. The molecule has 0 radical (unpaired) electrons. The summed E-state index contributed by atoms with van der Waals surface area (Å²) in [5, 5.41) is 69.5. The Balaban J connectivity index is 1.71. The van der Waals surface area contributed by atoms with E-state index in [1.807, 2.05) is 0 Å². The number of carbonyl (C=O) groups excluding carboxylic acids is 1. The molecule has 7 N–H and O–H groups in total. The maximum Gasteiger partial charge on any atom is 0.229 e. The van der Waals surface area contributed by atoms with Crippen molar-refractivity contribution >= 4 is 5.78 Å². The quantitative estimate of drug-likeness (QED) is 0.324. The Labute approximate surface area is 181 Å². The van der Waals surface area contributed by atoms with Crippen molar-refractivity contribution in [2.75, 3.05) is 6.61 Å². The maximum absolute atomic E-state index is 12.8. The fraction of sp³-hybridized carbons (Fsp3) is 0.381. The van der Waals surface area contributed by atoms with Crippen molar-refractivity contribution in [1.29, 1.82) is 0 Å². The zero-order valence-corrected chi connectivity index (χ0v) is 16.5. The number of benzene rings is 2. The van der Waals surface area contributed by atoms with Gasteiger partial charge in [0.25, 0.3) is 0 Å². The molecule has 0 amide bonds. The predicted octanol–water partition coefficient (Wildman–Crippen LogP) is -0.311. The summed E-state index contributed by atoms with van der Waals surface area (Å²) < 4.78 is 16.7. The molecule has 0 bridgehead atoms. The van der Waals surface area contributed by atoms with Crippen LogP contribution in [0, 0.1) is 0 Å². The number of rotatable bonds is 4. The van der Waals surface area contributed by atoms with Crippen LogP contribution in [-0.2, 0) is 4.74 Å². The summed E-state index contributed by atoms with van der Waals surface area (Å²) in [6.07, 6.45) is -9.02. The average molecular weight is 450 g/mol. The van der Waals surface area contributed by atoms with E-state index in [9.17, 15) is 40.5 Å². The van der Waals surface area contributed by atoms with Gasteiger partial charge in [0.2, 0.25) is 12.0 Å². The van der Waals surface area contributed by atoms with Gasteiger partial charge in [0.1, 0.15) is 47.6 Å². The second kappa shape index (κ2) is 8.45. The van der Waals surface area contributed by atoms with Crippen LogP contribution in [0.1, 0.15) is 28.4 Å². The van der Waals surface area contributed by atoms with Crippen LogP contribution in [0.2, 0.25) is 0 Å². The molecule has 0 saturated carbocycles. The molecule has 2 aromatic rings. The molecule has 32 heavy (non-hydrogen) atoms. The summed E-state index contributed by atoms with van der Waals surface area (Å²) in [6, 6.07) is 6.76.